The largest absolute Gasteiger partial charge is 0.401 e. The molecule has 1 aromatic carbocycles. The van der Waals surface area contributed by atoms with Crippen LogP contribution >= 0.6 is 0 Å². The first-order chi connectivity index (χ1) is 11.9. The van der Waals surface area contributed by atoms with Gasteiger partial charge in [0.25, 0.3) is 0 Å². The molecular formula is C17H21F3N4O. The molecule has 1 aliphatic rings. The Morgan fingerprint density at radius 3 is 2.72 bits per heavy atom. The lowest BCUT2D eigenvalue weighted by atomic mass is 9.96. The normalized spacial score (nSPS) is 17.1. The van der Waals surface area contributed by atoms with Gasteiger partial charge in [-0.05, 0) is 37.9 Å². The first-order valence-electron chi connectivity index (χ1n) is 8.38. The van der Waals surface area contributed by atoms with E-state index in [2.05, 4.69) is 15.5 Å². The standard InChI is InChI=1S/C17H21F3N4O/c18-17(19,20)11-24-7-5-12(6-8-24)10-21-16(25)9-15-13-3-1-2-4-14(13)22-23-15/h1-4,12H,5-11H2,(H,21,25)(H,22,23). The van der Waals surface area contributed by atoms with Crippen LogP contribution in [-0.2, 0) is 11.2 Å². The summed E-state index contributed by atoms with van der Waals surface area (Å²) in [4.78, 5) is 13.6. The summed E-state index contributed by atoms with van der Waals surface area (Å²) in [6.45, 7) is 0.500. The average Bonchev–Trinajstić information content (AvgIpc) is 2.96. The van der Waals surface area contributed by atoms with Gasteiger partial charge in [-0.1, -0.05) is 18.2 Å². The second-order valence-electron chi connectivity index (χ2n) is 6.53. The van der Waals surface area contributed by atoms with Crippen molar-refractivity contribution in [2.24, 2.45) is 5.92 Å². The number of amides is 1. The van der Waals surface area contributed by atoms with Crippen LogP contribution < -0.4 is 5.32 Å². The lowest BCUT2D eigenvalue weighted by molar-refractivity contribution is -0.148. The zero-order valence-corrected chi connectivity index (χ0v) is 13.8. The van der Waals surface area contributed by atoms with Crippen LogP contribution in [0, 0.1) is 5.92 Å². The summed E-state index contributed by atoms with van der Waals surface area (Å²) >= 11 is 0. The lowest BCUT2D eigenvalue weighted by Gasteiger charge is -2.32. The van der Waals surface area contributed by atoms with Crippen LogP contribution in [0.4, 0.5) is 13.2 Å². The number of aromatic nitrogens is 2. The summed E-state index contributed by atoms with van der Waals surface area (Å²) in [5, 5.41) is 10.9. The van der Waals surface area contributed by atoms with Crippen molar-refractivity contribution in [3.63, 3.8) is 0 Å². The van der Waals surface area contributed by atoms with Crippen LogP contribution in [0.5, 0.6) is 0 Å². The Morgan fingerprint density at radius 2 is 2.00 bits per heavy atom. The Balaban J connectivity index is 1.43. The maximum Gasteiger partial charge on any atom is 0.401 e. The van der Waals surface area contributed by atoms with Crippen LogP contribution in [0.3, 0.4) is 0 Å². The number of hydrogen-bond donors (Lipinski definition) is 2. The number of H-pyrrole nitrogens is 1. The monoisotopic (exact) mass is 354 g/mol. The average molecular weight is 354 g/mol. The van der Waals surface area contributed by atoms with E-state index in [4.69, 9.17) is 0 Å². The number of carbonyl (C=O) groups is 1. The Hall–Kier alpha value is -2.09. The number of nitrogens with zero attached hydrogens (tertiary/aromatic N) is 2. The number of para-hydroxylation sites is 1. The van der Waals surface area contributed by atoms with Gasteiger partial charge in [-0.15, -0.1) is 0 Å². The molecule has 3 rings (SSSR count). The van der Waals surface area contributed by atoms with Gasteiger partial charge in [0, 0.05) is 11.9 Å². The van der Waals surface area contributed by atoms with Crippen LogP contribution in [-0.4, -0.2) is 53.4 Å². The second-order valence-corrected chi connectivity index (χ2v) is 6.53. The molecule has 0 spiro atoms. The van der Waals surface area contributed by atoms with E-state index in [0.717, 1.165) is 16.6 Å². The van der Waals surface area contributed by atoms with Crippen molar-refractivity contribution in [1.82, 2.24) is 20.4 Å². The highest BCUT2D eigenvalue weighted by atomic mass is 19.4. The second kappa shape index (κ2) is 7.43. The fraction of sp³-hybridized carbons (Fsp3) is 0.529. The van der Waals surface area contributed by atoms with Crippen molar-refractivity contribution >= 4 is 16.8 Å². The predicted octanol–water partition coefficient (Wildman–Crippen LogP) is 2.50. The molecule has 1 aliphatic heterocycles. The molecule has 1 fully saturated rings. The SMILES string of the molecule is O=C(Cc1[nH]nc2ccccc12)NCC1CCN(CC(F)(F)F)CC1. The van der Waals surface area contributed by atoms with Crippen molar-refractivity contribution in [2.75, 3.05) is 26.2 Å². The topological polar surface area (TPSA) is 61.0 Å². The summed E-state index contributed by atoms with van der Waals surface area (Å²) in [6, 6.07) is 7.58. The third-order valence-electron chi connectivity index (χ3n) is 4.58. The Labute approximate surface area is 143 Å². The Morgan fingerprint density at radius 1 is 1.28 bits per heavy atom. The van der Waals surface area contributed by atoms with E-state index in [1.54, 1.807) is 0 Å². The van der Waals surface area contributed by atoms with Crippen molar-refractivity contribution in [1.29, 1.82) is 0 Å². The van der Waals surface area contributed by atoms with Gasteiger partial charge in [0.05, 0.1) is 24.2 Å². The minimum Gasteiger partial charge on any atom is -0.355 e. The van der Waals surface area contributed by atoms with Gasteiger partial charge >= 0.3 is 6.18 Å². The smallest absolute Gasteiger partial charge is 0.355 e. The van der Waals surface area contributed by atoms with E-state index in [1.807, 2.05) is 24.3 Å². The minimum atomic E-state index is -4.14. The highest BCUT2D eigenvalue weighted by molar-refractivity contribution is 5.87. The number of benzene rings is 1. The zero-order valence-electron chi connectivity index (χ0n) is 13.8. The van der Waals surface area contributed by atoms with E-state index in [1.165, 1.54) is 4.90 Å². The van der Waals surface area contributed by atoms with E-state index < -0.39 is 12.7 Å². The molecule has 0 unspecified atom stereocenters. The van der Waals surface area contributed by atoms with Gasteiger partial charge in [0.2, 0.25) is 5.91 Å². The number of nitrogens with one attached hydrogen (secondary N) is 2. The van der Waals surface area contributed by atoms with E-state index >= 15 is 0 Å². The quantitative estimate of drug-likeness (QED) is 0.867. The molecule has 0 bridgehead atoms. The number of likely N-dealkylation sites (tertiary alicyclic amines) is 1. The van der Waals surface area contributed by atoms with E-state index in [0.29, 0.717) is 32.5 Å². The maximum atomic E-state index is 12.4. The molecule has 2 N–H and O–H groups in total. The third-order valence-corrected chi connectivity index (χ3v) is 4.58. The first kappa shape index (κ1) is 17.7. The lowest BCUT2D eigenvalue weighted by Crippen LogP contribution is -2.42. The van der Waals surface area contributed by atoms with Crippen molar-refractivity contribution in [3.05, 3.63) is 30.0 Å². The number of aromatic amines is 1. The number of halogens is 3. The van der Waals surface area contributed by atoms with Crippen molar-refractivity contribution in [3.8, 4) is 0 Å². The van der Waals surface area contributed by atoms with Crippen LogP contribution in [0.25, 0.3) is 10.9 Å². The molecular weight excluding hydrogens is 333 g/mol. The van der Waals surface area contributed by atoms with Gasteiger partial charge < -0.3 is 5.32 Å². The Kier molecular flexibility index (Phi) is 5.27. The number of rotatable bonds is 5. The molecule has 5 nitrogen and oxygen atoms in total. The van der Waals surface area contributed by atoms with E-state index in [-0.39, 0.29) is 18.2 Å². The fourth-order valence-corrected chi connectivity index (χ4v) is 3.23. The molecule has 0 aliphatic carbocycles. The molecule has 0 saturated carbocycles. The number of carbonyl (C=O) groups excluding carboxylic acids is 1. The molecule has 1 saturated heterocycles. The first-order valence-corrected chi connectivity index (χ1v) is 8.38. The maximum absolute atomic E-state index is 12.4. The van der Waals surface area contributed by atoms with Crippen LogP contribution in [0.1, 0.15) is 18.5 Å². The molecule has 8 heteroatoms. The molecule has 25 heavy (non-hydrogen) atoms. The van der Waals surface area contributed by atoms with Gasteiger partial charge in [0.15, 0.2) is 0 Å². The number of piperidine rings is 1. The van der Waals surface area contributed by atoms with Gasteiger partial charge in [0.1, 0.15) is 0 Å². The zero-order chi connectivity index (χ0) is 17.9. The van der Waals surface area contributed by atoms with Gasteiger partial charge in [-0.3, -0.25) is 14.8 Å². The minimum absolute atomic E-state index is 0.105. The molecule has 0 radical (unpaired) electrons. The molecule has 2 heterocycles. The van der Waals surface area contributed by atoms with Gasteiger partial charge in [-0.2, -0.15) is 18.3 Å². The van der Waals surface area contributed by atoms with Crippen molar-refractivity contribution < 1.29 is 18.0 Å². The highest BCUT2D eigenvalue weighted by Crippen LogP contribution is 2.22. The third kappa shape index (κ3) is 4.94. The number of fused-ring (bicyclic) bond motifs is 1. The molecule has 2 aromatic rings. The van der Waals surface area contributed by atoms with Gasteiger partial charge in [-0.25, -0.2) is 0 Å². The summed E-state index contributed by atoms with van der Waals surface area (Å²) in [7, 11) is 0. The molecule has 136 valence electrons. The number of hydrogen-bond acceptors (Lipinski definition) is 3. The van der Waals surface area contributed by atoms with Crippen LogP contribution in [0.2, 0.25) is 0 Å². The summed E-state index contributed by atoms with van der Waals surface area (Å²) < 4.78 is 37.1. The highest BCUT2D eigenvalue weighted by Gasteiger charge is 2.32. The summed E-state index contributed by atoms with van der Waals surface area (Å²) in [5.41, 5.74) is 1.59. The Bertz CT molecular complexity index is 720. The van der Waals surface area contributed by atoms with E-state index in [9.17, 15) is 18.0 Å². The molecule has 0 atom stereocenters. The summed E-state index contributed by atoms with van der Waals surface area (Å²) in [6.07, 6.45) is -2.59. The van der Waals surface area contributed by atoms with Crippen LogP contribution in [0.15, 0.2) is 24.3 Å². The summed E-state index contributed by atoms with van der Waals surface area (Å²) in [5.74, 6) is 0.124. The number of alkyl halides is 3. The molecule has 1 amide bonds. The predicted molar refractivity (Wildman–Crippen MR) is 88.0 cm³/mol. The molecule has 1 aromatic heterocycles. The fourth-order valence-electron chi connectivity index (χ4n) is 3.23. The van der Waals surface area contributed by atoms with Crippen molar-refractivity contribution in [2.45, 2.75) is 25.4 Å².